The van der Waals surface area contributed by atoms with Crippen LogP contribution in [0.5, 0.6) is 0 Å². The summed E-state index contributed by atoms with van der Waals surface area (Å²) >= 11 is 6.25. The van der Waals surface area contributed by atoms with E-state index in [0.29, 0.717) is 22.8 Å². The molecule has 0 N–H and O–H groups in total. The van der Waals surface area contributed by atoms with Crippen molar-refractivity contribution >= 4 is 17.3 Å². The molecule has 3 aliphatic carbocycles. The minimum absolute atomic E-state index is 0.162. The predicted octanol–water partition coefficient (Wildman–Crippen LogP) is 5.97. The van der Waals surface area contributed by atoms with E-state index in [9.17, 15) is 5.26 Å². The monoisotopic (exact) mass is 421 g/mol. The van der Waals surface area contributed by atoms with Gasteiger partial charge in [0.25, 0.3) is 0 Å². The standard InChI is InChI=1S/C27H20ClN3/c28-19-11-13-20(14-12-19)31-27(25-17-9-10-18(15-17)26(25)30(31)16-29)23-7-3-1-5-21(23)22-6-2-4-8-24(22)27/h1-14,17-18,25-26H,15H2. The van der Waals surface area contributed by atoms with E-state index in [4.69, 9.17) is 11.6 Å². The zero-order valence-electron chi connectivity index (χ0n) is 16.8. The Morgan fingerprint density at radius 2 is 1.45 bits per heavy atom. The van der Waals surface area contributed by atoms with E-state index in [0.717, 1.165) is 12.1 Å². The topological polar surface area (TPSA) is 30.3 Å². The van der Waals surface area contributed by atoms with Gasteiger partial charge in [-0.25, -0.2) is 5.01 Å². The summed E-state index contributed by atoms with van der Waals surface area (Å²) in [6.45, 7) is 0. The lowest BCUT2D eigenvalue weighted by atomic mass is 9.69. The molecule has 4 aliphatic rings. The summed E-state index contributed by atoms with van der Waals surface area (Å²) in [5.41, 5.74) is 5.77. The summed E-state index contributed by atoms with van der Waals surface area (Å²) < 4.78 is 0. The fraction of sp³-hybridized carbons (Fsp3) is 0.222. The number of hydrogen-bond donors (Lipinski definition) is 0. The zero-order chi connectivity index (χ0) is 20.7. The van der Waals surface area contributed by atoms with Gasteiger partial charge in [0.2, 0.25) is 0 Å². The van der Waals surface area contributed by atoms with Crippen molar-refractivity contribution in [2.75, 3.05) is 5.01 Å². The first-order valence-corrected chi connectivity index (χ1v) is 11.3. The van der Waals surface area contributed by atoms with Gasteiger partial charge in [0.05, 0.1) is 11.7 Å². The van der Waals surface area contributed by atoms with Gasteiger partial charge in [-0.3, -0.25) is 5.01 Å². The summed E-state index contributed by atoms with van der Waals surface area (Å²) in [7, 11) is 0. The Balaban J connectivity index is 1.60. The van der Waals surface area contributed by atoms with E-state index >= 15 is 0 Å². The van der Waals surface area contributed by atoms with Crippen molar-refractivity contribution in [3.8, 4) is 17.3 Å². The number of anilines is 1. The summed E-state index contributed by atoms with van der Waals surface area (Å²) in [6.07, 6.45) is 8.46. The largest absolute Gasteiger partial charge is 0.261 e. The Labute approximate surface area is 186 Å². The molecule has 3 aromatic rings. The Kier molecular flexibility index (Phi) is 3.34. The van der Waals surface area contributed by atoms with Crippen molar-refractivity contribution in [3.05, 3.63) is 101 Å². The maximum Gasteiger partial charge on any atom is 0.200 e. The van der Waals surface area contributed by atoms with Crippen LogP contribution < -0.4 is 5.01 Å². The quantitative estimate of drug-likeness (QED) is 0.358. The number of benzene rings is 3. The number of hydrogen-bond acceptors (Lipinski definition) is 3. The van der Waals surface area contributed by atoms with E-state index in [1.165, 1.54) is 22.3 Å². The Bertz CT molecular complexity index is 1240. The van der Waals surface area contributed by atoms with Crippen LogP contribution in [0.15, 0.2) is 84.9 Å². The summed E-state index contributed by atoms with van der Waals surface area (Å²) in [5, 5.41) is 15.4. The van der Waals surface area contributed by atoms with Crippen LogP contribution in [0.25, 0.3) is 11.1 Å². The zero-order valence-corrected chi connectivity index (χ0v) is 17.6. The lowest BCUT2D eigenvalue weighted by Gasteiger charge is -2.43. The van der Waals surface area contributed by atoms with Gasteiger partial charge >= 0.3 is 0 Å². The third-order valence-corrected chi connectivity index (χ3v) is 8.12. The van der Waals surface area contributed by atoms with Gasteiger partial charge in [0.15, 0.2) is 6.19 Å². The smallest absolute Gasteiger partial charge is 0.200 e. The molecule has 31 heavy (non-hydrogen) atoms. The molecule has 4 heteroatoms. The number of halogens is 1. The number of nitriles is 1. The highest BCUT2D eigenvalue weighted by atomic mass is 35.5. The number of allylic oxidation sites excluding steroid dienone is 1. The molecule has 3 nitrogen and oxygen atoms in total. The first-order chi connectivity index (χ1) is 15.2. The van der Waals surface area contributed by atoms with Crippen molar-refractivity contribution < 1.29 is 0 Å². The van der Waals surface area contributed by atoms with Gasteiger partial charge in [0, 0.05) is 16.9 Å². The molecule has 4 atom stereocenters. The second-order valence-corrected chi connectivity index (χ2v) is 9.49. The van der Waals surface area contributed by atoms with Gasteiger partial charge in [-0.2, -0.15) is 5.26 Å². The molecule has 4 unspecified atom stereocenters. The van der Waals surface area contributed by atoms with E-state index in [1.807, 2.05) is 29.3 Å². The average Bonchev–Trinajstić information content (AvgIpc) is 3.55. The van der Waals surface area contributed by atoms with Gasteiger partial charge in [0.1, 0.15) is 5.54 Å². The van der Waals surface area contributed by atoms with Crippen LogP contribution in [0.3, 0.4) is 0 Å². The molecule has 0 aromatic heterocycles. The third-order valence-electron chi connectivity index (χ3n) is 7.87. The highest BCUT2D eigenvalue weighted by Gasteiger charge is 2.69. The highest BCUT2D eigenvalue weighted by Crippen LogP contribution is 2.67. The van der Waals surface area contributed by atoms with Gasteiger partial charge in [-0.1, -0.05) is 72.3 Å². The highest BCUT2D eigenvalue weighted by molar-refractivity contribution is 6.30. The maximum atomic E-state index is 10.5. The lowest BCUT2D eigenvalue weighted by molar-refractivity contribution is 0.278. The SMILES string of the molecule is N#CN1C2C3C=CC(C3)C2C2(c3ccccc3-c3ccccc32)N1c1ccc(Cl)cc1. The van der Waals surface area contributed by atoms with Crippen LogP contribution >= 0.6 is 11.6 Å². The molecule has 1 heterocycles. The second kappa shape index (κ2) is 5.93. The minimum atomic E-state index is -0.411. The van der Waals surface area contributed by atoms with Crippen LogP contribution in [-0.2, 0) is 5.54 Å². The molecule has 3 aromatic carbocycles. The maximum absolute atomic E-state index is 10.5. The average molecular weight is 422 g/mol. The van der Waals surface area contributed by atoms with Gasteiger partial charge in [-0.05, 0) is 58.9 Å². The van der Waals surface area contributed by atoms with Crippen LogP contribution in [0.4, 0.5) is 5.69 Å². The van der Waals surface area contributed by atoms with Crippen molar-refractivity contribution in [3.63, 3.8) is 0 Å². The number of nitrogens with zero attached hydrogens (tertiary/aromatic N) is 3. The predicted molar refractivity (Wildman–Crippen MR) is 122 cm³/mol. The molecule has 2 fully saturated rings. The van der Waals surface area contributed by atoms with Gasteiger partial charge < -0.3 is 0 Å². The van der Waals surface area contributed by atoms with Gasteiger partial charge in [-0.15, -0.1) is 0 Å². The molecule has 1 saturated carbocycles. The fourth-order valence-corrected chi connectivity index (χ4v) is 7.11. The first-order valence-electron chi connectivity index (χ1n) is 10.9. The van der Waals surface area contributed by atoms with Crippen molar-refractivity contribution in [1.82, 2.24) is 5.01 Å². The number of fused-ring (bicyclic) bond motifs is 11. The molecule has 0 amide bonds. The molecule has 0 radical (unpaired) electrons. The molecule has 1 aliphatic heterocycles. The Morgan fingerprint density at radius 3 is 2.10 bits per heavy atom. The molecule has 1 spiro atoms. The van der Waals surface area contributed by atoms with E-state index in [-0.39, 0.29) is 6.04 Å². The Morgan fingerprint density at radius 1 is 0.839 bits per heavy atom. The van der Waals surface area contributed by atoms with Crippen molar-refractivity contribution in [2.24, 2.45) is 17.8 Å². The van der Waals surface area contributed by atoms with Crippen LogP contribution in [-0.4, -0.2) is 11.1 Å². The fourth-order valence-electron chi connectivity index (χ4n) is 6.99. The third kappa shape index (κ3) is 1.95. The van der Waals surface area contributed by atoms with E-state index < -0.39 is 5.54 Å². The molecular weight excluding hydrogens is 402 g/mol. The van der Waals surface area contributed by atoms with Crippen LogP contribution in [0, 0.1) is 29.2 Å². The van der Waals surface area contributed by atoms with Crippen LogP contribution in [0.1, 0.15) is 17.5 Å². The van der Waals surface area contributed by atoms with E-state index in [2.05, 4.69) is 71.9 Å². The molecule has 1 saturated heterocycles. The summed E-state index contributed by atoms with van der Waals surface area (Å²) in [6, 6.07) is 25.6. The number of rotatable bonds is 1. The normalized spacial score (nSPS) is 28.0. The first kappa shape index (κ1) is 17.5. The minimum Gasteiger partial charge on any atom is -0.261 e. The molecule has 2 bridgehead atoms. The van der Waals surface area contributed by atoms with Crippen molar-refractivity contribution in [1.29, 1.82) is 5.26 Å². The second-order valence-electron chi connectivity index (χ2n) is 9.06. The molecule has 7 rings (SSSR count). The van der Waals surface area contributed by atoms with Crippen LogP contribution in [0.2, 0.25) is 5.02 Å². The number of hydrazine groups is 1. The van der Waals surface area contributed by atoms with Crippen molar-refractivity contribution in [2.45, 2.75) is 18.0 Å². The lowest BCUT2D eigenvalue weighted by Crippen LogP contribution is -2.50. The molecule has 150 valence electrons. The summed E-state index contributed by atoms with van der Waals surface area (Å²) in [4.78, 5) is 0. The van der Waals surface area contributed by atoms with E-state index in [1.54, 1.807) is 0 Å². The summed E-state index contributed by atoms with van der Waals surface area (Å²) in [5.74, 6) is 1.17. The Hall–Kier alpha value is -3.22. The molecular formula is C27H20ClN3.